The van der Waals surface area contributed by atoms with E-state index in [1.165, 1.54) is 21.9 Å². The molecule has 106 valence electrons. The second-order valence-electron chi connectivity index (χ2n) is 5.05. The van der Waals surface area contributed by atoms with Crippen LogP contribution in [0.25, 0.3) is 4.96 Å². The summed E-state index contributed by atoms with van der Waals surface area (Å²) in [6.45, 7) is 2.49. The topological polar surface area (TPSA) is 74.9 Å². The lowest BCUT2D eigenvalue weighted by molar-refractivity contribution is 0.0646. The Morgan fingerprint density at radius 2 is 2.40 bits per heavy atom. The van der Waals surface area contributed by atoms with Crippen molar-refractivity contribution in [2.75, 3.05) is 13.2 Å². The molecule has 3 rings (SSSR count). The number of carbonyl (C=O) groups is 1. The molecule has 0 aromatic carbocycles. The molecule has 2 atom stereocenters. The van der Waals surface area contributed by atoms with E-state index in [1.54, 1.807) is 16.5 Å². The fourth-order valence-electron chi connectivity index (χ4n) is 2.66. The molecule has 1 aliphatic heterocycles. The van der Waals surface area contributed by atoms with Crippen LogP contribution in [0.15, 0.2) is 22.6 Å². The van der Waals surface area contributed by atoms with Gasteiger partial charge < -0.3 is 10.0 Å². The zero-order valence-electron chi connectivity index (χ0n) is 11.0. The molecule has 1 aliphatic rings. The van der Waals surface area contributed by atoms with Gasteiger partial charge in [0, 0.05) is 24.3 Å². The molecule has 0 spiro atoms. The van der Waals surface area contributed by atoms with Crippen LogP contribution in [0.1, 0.15) is 23.7 Å². The lowest BCUT2D eigenvalue weighted by Gasteiger charge is -2.24. The summed E-state index contributed by atoms with van der Waals surface area (Å²) in [4.78, 5) is 31.1. The van der Waals surface area contributed by atoms with E-state index in [1.807, 2.05) is 6.92 Å². The van der Waals surface area contributed by atoms with E-state index in [9.17, 15) is 14.7 Å². The van der Waals surface area contributed by atoms with Crippen molar-refractivity contribution in [2.24, 2.45) is 5.92 Å². The van der Waals surface area contributed by atoms with Gasteiger partial charge in [0.15, 0.2) is 4.96 Å². The number of carbonyl (C=O) groups excluding carboxylic acids is 1. The molecule has 6 nitrogen and oxygen atoms in total. The van der Waals surface area contributed by atoms with Crippen molar-refractivity contribution in [3.8, 4) is 0 Å². The summed E-state index contributed by atoms with van der Waals surface area (Å²) >= 11 is 1.35. The van der Waals surface area contributed by atoms with Crippen molar-refractivity contribution >= 4 is 22.2 Å². The van der Waals surface area contributed by atoms with Crippen molar-refractivity contribution in [1.82, 2.24) is 14.3 Å². The second kappa shape index (κ2) is 4.99. The Labute approximate surface area is 119 Å². The number of aliphatic hydroxyl groups is 1. The second-order valence-corrected chi connectivity index (χ2v) is 5.92. The molecule has 1 fully saturated rings. The Hall–Kier alpha value is -1.73. The van der Waals surface area contributed by atoms with E-state index in [0.29, 0.717) is 11.5 Å². The molecule has 3 heterocycles. The van der Waals surface area contributed by atoms with Gasteiger partial charge in [-0.05, 0) is 12.3 Å². The van der Waals surface area contributed by atoms with E-state index in [-0.39, 0.29) is 35.6 Å². The minimum absolute atomic E-state index is 0.0634. The van der Waals surface area contributed by atoms with Crippen LogP contribution in [0.4, 0.5) is 0 Å². The molecular weight excluding hydrogens is 278 g/mol. The summed E-state index contributed by atoms with van der Waals surface area (Å²) in [5, 5.41) is 11.2. The van der Waals surface area contributed by atoms with Gasteiger partial charge in [0.25, 0.3) is 11.5 Å². The lowest BCUT2D eigenvalue weighted by atomic mass is 10.0. The van der Waals surface area contributed by atoms with Gasteiger partial charge in [-0.25, -0.2) is 4.98 Å². The third-order valence-electron chi connectivity index (χ3n) is 3.90. The number of hydrogen-bond acceptors (Lipinski definition) is 5. The van der Waals surface area contributed by atoms with Crippen molar-refractivity contribution in [3.63, 3.8) is 0 Å². The minimum atomic E-state index is -0.350. The number of fused-ring (bicyclic) bond motifs is 1. The monoisotopic (exact) mass is 293 g/mol. The van der Waals surface area contributed by atoms with Crippen LogP contribution in [-0.4, -0.2) is 44.5 Å². The van der Waals surface area contributed by atoms with Crippen LogP contribution >= 0.6 is 11.3 Å². The summed E-state index contributed by atoms with van der Waals surface area (Å²) in [5.41, 5.74) is -0.286. The van der Waals surface area contributed by atoms with Gasteiger partial charge in [-0.1, -0.05) is 6.92 Å². The highest BCUT2D eigenvalue weighted by Crippen LogP contribution is 2.24. The van der Waals surface area contributed by atoms with Gasteiger partial charge in [-0.15, -0.1) is 11.3 Å². The SMILES string of the molecule is CC1CCN(C(=O)c2cnc3sccn3c2=O)C1CO. The highest BCUT2D eigenvalue weighted by atomic mass is 32.1. The smallest absolute Gasteiger partial charge is 0.271 e. The quantitative estimate of drug-likeness (QED) is 0.880. The first-order valence-electron chi connectivity index (χ1n) is 6.50. The third kappa shape index (κ3) is 1.94. The minimum Gasteiger partial charge on any atom is -0.394 e. The molecule has 7 heteroatoms. The van der Waals surface area contributed by atoms with E-state index < -0.39 is 0 Å². The first-order chi connectivity index (χ1) is 9.63. The molecule has 0 bridgehead atoms. The average molecular weight is 293 g/mol. The number of aromatic nitrogens is 2. The molecule has 2 unspecified atom stereocenters. The van der Waals surface area contributed by atoms with E-state index in [4.69, 9.17) is 0 Å². The number of hydrogen-bond donors (Lipinski definition) is 1. The van der Waals surface area contributed by atoms with Crippen molar-refractivity contribution in [1.29, 1.82) is 0 Å². The highest BCUT2D eigenvalue weighted by molar-refractivity contribution is 7.15. The standard InChI is InChI=1S/C13H15N3O3S/c1-8-2-3-15(10(8)7-17)11(18)9-6-14-13-16(12(9)19)4-5-20-13/h4-6,8,10,17H,2-3,7H2,1H3. The van der Waals surface area contributed by atoms with E-state index in [0.717, 1.165) is 6.42 Å². The zero-order chi connectivity index (χ0) is 14.3. The average Bonchev–Trinajstić information content (AvgIpc) is 3.05. The Kier molecular flexibility index (Phi) is 3.31. The van der Waals surface area contributed by atoms with Gasteiger partial charge in [0.2, 0.25) is 0 Å². The molecule has 2 aromatic rings. The Balaban J connectivity index is 2.00. The van der Waals surface area contributed by atoms with Crippen LogP contribution in [0.3, 0.4) is 0 Å². The predicted octanol–water partition coefficient (Wildman–Crippen LogP) is 0.599. The fourth-order valence-corrected chi connectivity index (χ4v) is 3.34. The summed E-state index contributed by atoms with van der Waals surface area (Å²) in [6, 6.07) is -0.218. The number of rotatable bonds is 2. The fraction of sp³-hybridized carbons (Fsp3) is 0.462. The molecule has 1 N–H and O–H groups in total. The van der Waals surface area contributed by atoms with E-state index >= 15 is 0 Å². The highest BCUT2D eigenvalue weighted by Gasteiger charge is 2.35. The Morgan fingerprint density at radius 3 is 3.15 bits per heavy atom. The molecule has 0 radical (unpaired) electrons. The summed E-state index contributed by atoms with van der Waals surface area (Å²) in [5.74, 6) is -0.101. The Morgan fingerprint density at radius 1 is 1.60 bits per heavy atom. The van der Waals surface area contributed by atoms with Gasteiger partial charge >= 0.3 is 0 Å². The van der Waals surface area contributed by atoms with Gasteiger partial charge in [-0.2, -0.15) is 0 Å². The van der Waals surface area contributed by atoms with Crippen LogP contribution in [0, 0.1) is 5.92 Å². The maximum absolute atomic E-state index is 12.5. The summed E-state index contributed by atoms with van der Waals surface area (Å²) < 4.78 is 1.38. The van der Waals surface area contributed by atoms with Crippen molar-refractivity contribution in [3.05, 3.63) is 33.7 Å². The van der Waals surface area contributed by atoms with E-state index in [2.05, 4.69) is 4.98 Å². The lowest BCUT2D eigenvalue weighted by Crippen LogP contribution is -2.42. The summed E-state index contributed by atoms with van der Waals surface area (Å²) in [6.07, 6.45) is 3.79. The first-order valence-corrected chi connectivity index (χ1v) is 7.38. The van der Waals surface area contributed by atoms with Crippen LogP contribution in [-0.2, 0) is 0 Å². The molecular formula is C13H15N3O3S. The van der Waals surface area contributed by atoms with Crippen LogP contribution in [0.2, 0.25) is 0 Å². The maximum atomic E-state index is 12.5. The van der Waals surface area contributed by atoms with Gasteiger partial charge in [-0.3, -0.25) is 14.0 Å². The maximum Gasteiger partial charge on any atom is 0.271 e. The van der Waals surface area contributed by atoms with Crippen molar-refractivity contribution in [2.45, 2.75) is 19.4 Å². The molecule has 20 heavy (non-hydrogen) atoms. The predicted molar refractivity (Wildman–Crippen MR) is 75.0 cm³/mol. The molecule has 0 aliphatic carbocycles. The number of nitrogens with zero attached hydrogens (tertiary/aromatic N) is 3. The largest absolute Gasteiger partial charge is 0.394 e. The number of thiazole rings is 1. The Bertz CT molecular complexity index is 708. The molecule has 1 saturated heterocycles. The number of amides is 1. The van der Waals surface area contributed by atoms with Crippen LogP contribution < -0.4 is 5.56 Å². The third-order valence-corrected chi connectivity index (χ3v) is 4.67. The summed E-state index contributed by atoms with van der Waals surface area (Å²) in [7, 11) is 0. The van der Waals surface area contributed by atoms with Crippen LogP contribution in [0.5, 0.6) is 0 Å². The van der Waals surface area contributed by atoms with Gasteiger partial charge in [0.05, 0.1) is 12.6 Å². The first kappa shape index (κ1) is 13.3. The van der Waals surface area contributed by atoms with Gasteiger partial charge in [0.1, 0.15) is 5.56 Å². The zero-order valence-corrected chi connectivity index (χ0v) is 11.8. The normalized spacial score (nSPS) is 22.6. The molecule has 1 amide bonds. The molecule has 2 aromatic heterocycles. The molecule has 0 saturated carbocycles. The van der Waals surface area contributed by atoms with Crippen molar-refractivity contribution < 1.29 is 9.90 Å². The number of likely N-dealkylation sites (tertiary alicyclic amines) is 1. The number of aliphatic hydroxyl groups excluding tert-OH is 1.